The molecule has 0 unspecified atom stereocenters. The van der Waals surface area contributed by atoms with Gasteiger partial charge in [-0.25, -0.2) is 19.2 Å². The van der Waals surface area contributed by atoms with Gasteiger partial charge in [-0.3, -0.25) is 0 Å². The van der Waals surface area contributed by atoms with Crippen LogP contribution < -0.4 is 10.6 Å². The highest BCUT2D eigenvalue weighted by molar-refractivity contribution is 7.09. The van der Waals surface area contributed by atoms with Gasteiger partial charge < -0.3 is 15.7 Å². The molecule has 0 aliphatic rings. The zero-order chi connectivity index (χ0) is 24.8. The van der Waals surface area contributed by atoms with E-state index in [1.54, 1.807) is 23.6 Å². The Bertz CT molecular complexity index is 1390. The molecule has 0 bridgehead atoms. The van der Waals surface area contributed by atoms with Crippen molar-refractivity contribution in [3.63, 3.8) is 0 Å². The Labute approximate surface area is 210 Å². The van der Waals surface area contributed by atoms with Crippen LogP contribution >= 0.6 is 22.9 Å². The molecule has 7 nitrogen and oxygen atoms in total. The standard InChI is InChI=1S/C25H21ClFN5O2S/c1-15-22(35-14-30-15)9-10-28-24-19(17-4-2-3-16(11-17)5-8-23(33)34)13-29-25(32-24)31-18-6-7-21(27)20(26)12-18/h2-8,11-14H,9-10H2,1H3,(H,33,34)(H2,28,29,31,32)/b8-5+. The number of carboxylic acid groups (broad SMARTS) is 1. The first-order chi connectivity index (χ1) is 16.9. The van der Waals surface area contributed by atoms with Crippen LogP contribution in [-0.4, -0.2) is 32.6 Å². The molecule has 0 saturated carbocycles. The number of rotatable bonds is 9. The van der Waals surface area contributed by atoms with E-state index in [1.807, 2.05) is 36.7 Å². The molecule has 0 aliphatic carbocycles. The molecule has 0 aliphatic heterocycles. The molecule has 10 heteroatoms. The number of carboxylic acids is 1. The van der Waals surface area contributed by atoms with Crippen LogP contribution in [0.15, 0.2) is 60.2 Å². The van der Waals surface area contributed by atoms with Crippen molar-refractivity contribution in [3.8, 4) is 11.1 Å². The first-order valence-corrected chi connectivity index (χ1v) is 11.9. The summed E-state index contributed by atoms with van der Waals surface area (Å²) in [7, 11) is 0. The van der Waals surface area contributed by atoms with E-state index < -0.39 is 11.8 Å². The topological polar surface area (TPSA) is 100 Å². The van der Waals surface area contributed by atoms with Crippen molar-refractivity contribution in [3.05, 3.63) is 87.2 Å². The summed E-state index contributed by atoms with van der Waals surface area (Å²) in [6.45, 7) is 2.60. The molecule has 4 rings (SSSR count). The van der Waals surface area contributed by atoms with Gasteiger partial charge in [0.2, 0.25) is 5.95 Å². The highest BCUT2D eigenvalue weighted by Gasteiger charge is 2.12. The van der Waals surface area contributed by atoms with Crippen LogP contribution in [0.2, 0.25) is 5.02 Å². The summed E-state index contributed by atoms with van der Waals surface area (Å²) >= 11 is 7.50. The zero-order valence-corrected chi connectivity index (χ0v) is 20.2. The highest BCUT2D eigenvalue weighted by Crippen LogP contribution is 2.29. The fourth-order valence-corrected chi connectivity index (χ4v) is 4.29. The van der Waals surface area contributed by atoms with Gasteiger partial charge in [0.25, 0.3) is 0 Å². The Morgan fingerprint density at radius 1 is 1.23 bits per heavy atom. The van der Waals surface area contributed by atoms with Crippen molar-refractivity contribution in [2.45, 2.75) is 13.3 Å². The number of aliphatic carboxylic acids is 1. The van der Waals surface area contributed by atoms with E-state index in [2.05, 4.69) is 25.6 Å². The molecule has 0 atom stereocenters. The van der Waals surface area contributed by atoms with Crippen LogP contribution in [0.5, 0.6) is 0 Å². The second-order valence-electron chi connectivity index (χ2n) is 7.54. The summed E-state index contributed by atoms with van der Waals surface area (Å²) in [5, 5.41) is 15.4. The van der Waals surface area contributed by atoms with E-state index in [0.29, 0.717) is 24.0 Å². The second kappa shape index (κ2) is 11.1. The maximum atomic E-state index is 13.5. The number of hydrogen-bond acceptors (Lipinski definition) is 7. The lowest BCUT2D eigenvalue weighted by Crippen LogP contribution is -2.09. The van der Waals surface area contributed by atoms with E-state index in [-0.39, 0.29) is 5.02 Å². The van der Waals surface area contributed by atoms with E-state index in [4.69, 9.17) is 16.7 Å². The Morgan fingerprint density at radius 3 is 2.83 bits per heavy atom. The van der Waals surface area contributed by atoms with Crippen LogP contribution in [0.4, 0.5) is 21.8 Å². The van der Waals surface area contributed by atoms with Crippen molar-refractivity contribution in [1.82, 2.24) is 15.0 Å². The lowest BCUT2D eigenvalue weighted by atomic mass is 10.0. The SMILES string of the molecule is Cc1ncsc1CCNc1nc(Nc2ccc(F)c(Cl)c2)ncc1-c1cccc(/C=C/C(=O)O)c1. The van der Waals surface area contributed by atoms with Gasteiger partial charge in [-0.05, 0) is 48.4 Å². The van der Waals surface area contributed by atoms with Crippen LogP contribution in [0.25, 0.3) is 17.2 Å². The number of anilines is 3. The third-order valence-corrected chi connectivity index (χ3v) is 6.35. The maximum absolute atomic E-state index is 13.5. The van der Waals surface area contributed by atoms with Gasteiger partial charge in [-0.1, -0.05) is 29.8 Å². The van der Waals surface area contributed by atoms with Crippen LogP contribution in [-0.2, 0) is 11.2 Å². The summed E-state index contributed by atoms with van der Waals surface area (Å²) < 4.78 is 13.5. The van der Waals surface area contributed by atoms with Gasteiger partial charge in [0, 0.05) is 41.4 Å². The Kier molecular flexibility index (Phi) is 7.69. The van der Waals surface area contributed by atoms with Crippen LogP contribution in [0.1, 0.15) is 16.1 Å². The first kappa shape index (κ1) is 24.3. The number of benzene rings is 2. The summed E-state index contributed by atoms with van der Waals surface area (Å²) in [5.74, 6) is -0.617. The van der Waals surface area contributed by atoms with Gasteiger partial charge in [0.15, 0.2) is 0 Å². The second-order valence-corrected chi connectivity index (χ2v) is 8.89. The molecule has 2 aromatic carbocycles. The third-order valence-electron chi connectivity index (χ3n) is 5.07. The smallest absolute Gasteiger partial charge is 0.328 e. The molecule has 2 heterocycles. The Hall–Kier alpha value is -3.82. The fraction of sp³-hybridized carbons (Fsp3) is 0.120. The number of halogens is 2. The molecular formula is C25H21ClFN5O2S. The Balaban J connectivity index is 1.63. The summed E-state index contributed by atoms with van der Waals surface area (Å²) in [4.78, 5) is 25.4. The summed E-state index contributed by atoms with van der Waals surface area (Å²) in [6.07, 6.45) is 5.08. The predicted octanol–water partition coefficient (Wildman–Crippen LogP) is 6.20. The predicted molar refractivity (Wildman–Crippen MR) is 138 cm³/mol. The average Bonchev–Trinajstić information content (AvgIpc) is 3.25. The van der Waals surface area contributed by atoms with Crippen molar-refractivity contribution < 1.29 is 14.3 Å². The minimum absolute atomic E-state index is 0.00359. The minimum atomic E-state index is -1.02. The summed E-state index contributed by atoms with van der Waals surface area (Å²) in [6, 6.07) is 11.7. The van der Waals surface area contributed by atoms with E-state index >= 15 is 0 Å². The quantitative estimate of drug-likeness (QED) is 0.231. The van der Waals surface area contributed by atoms with E-state index in [0.717, 1.165) is 34.9 Å². The average molecular weight is 510 g/mol. The van der Waals surface area contributed by atoms with Crippen LogP contribution in [0.3, 0.4) is 0 Å². The van der Waals surface area contributed by atoms with Gasteiger partial charge in [0.05, 0.1) is 16.2 Å². The van der Waals surface area contributed by atoms with E-state index in [9.17, 15) is 9.18 Å². The molecule has 35 heavy (non-hydrogen) atoms. The molecule has 178 valence electrons. The third kappa shape index (κ3) is 6.40. The number of carbonyl (C=O) groups is 1. The highest BCUT2D eigenvalue weighted by atomic mass is 35.5. The molecule has 0 spiro atoms. The van der Waals surface area contributed by atoms with Crippen molar-refractivity contribution in [2.75, 3.05) is 17.2 Å². The number of hydrogen-bond donors (Lipinski definition) is 3. The minimum Gasteiger partial charge on any atom is -0.478 e. The van der Waals surface area contributed by atoms with Crippen LogP contribution in [0, 0.1) is 12.7 Å². The number of thiazole rings is 1. The molecule has 0 radical (unpaired) electrons. The molecular weight excluding hydrogens is 489 g/mol. The van der Waals surface area contributed by atoms with Crippen molar-refractivity contribution >= 4 is 52.4 Å². The molecule has 0 saturated heterocycles. The number of nitrogens with one attached hydrogen (secondary N) is 2. The van der Waals surface area contributed by atoms with Gasteiger partial charge in [0.1, 0.15) is 11.6 Å². The Morgan fingerprint density at radius 2 is 2.09 bits per heavy atom. The van der Waals surface area contributed by atoms with Crippen molar-refractivity contribution in [2.24, 2.45) is 0 Å². The largest absolute Gasteiger partial charge is 0.478 e. The number of aryl methyl sites for hydroxylation is 1. The lowest BCUT2D eigenvalue weighted by Gasteiger charge is -2.14. The fourth-order valence-electron chi connectivity index (χ4n) is 3.33. The molecule has 0 fully saturated rings. The van der Waals surface area contributed by atoms with E-state index in [1.165, 1.54) is 23.1 Å². The lowest BCUT2D eigenvalue weighted by molar-refractivity contribution is -0.131. The zero-order valence-electron chi connectivity index (χ0n) is 18.6. The normalized spacial score (nSPS) is 11.1. The first-order valence-electron chi connectivity index (χ1n) is 10.6. The molecule has 0 amide bonds. The molecule has 2 aromatic heterocycles. The number of aromatic nitrogens is 3. The van der Waals surface area contributed by atoms with Gasteiger partial charge >= 0.3 is 5.97 Å². The summed E-state index contributed by atoms with van der Waals surface area (Å²) in [5.41, 5.74) is 5.69. The molecule has 3 N–H and O–H groups in total. The monoisotopic (exact) mass is 509 g/mol. The van der Waals surface area contributed by atoms with Gasteiger partial charge in [-0.15, -0.1) is 11.3 Å². The van der Waals surface area contributed by atoms with Crippen molar-refractivity contribution in [1.29, 1.82) is 0 Å². The van der Waals surface area contributed by atoms with Gasteiger partial charge in [-0.2, -0.15) is 4.98 Å². The molecule has 4 aromatic rings. The number of nitrogens with zero attached hydrogens (tertiary/aromatic N) is 3. The maximum Gasteiger partial charge on any atom is 0.328 e.